The molecule has 17 heteroatoms. The molecule has 0 aromatic heterocycles. The second-order valence-electron chi connectivity index (χ2n) is 9.61. The molecule has 0 aromatic carbocycles. The molecular formula is C26H42O13S4. The third-order valence-corrected chi connectivity index (χ3v) is 9.94. The maximum absolute atomic E-state index is 12.7. The van der Waals surface area contributed by atoms with Crippen LogP contribution in [0, 0.1) is 10.8 Å². The van der Waals surface area contributed by atoms with Crippen molar-refractivity contribution in [2.24, 2.45) is 10.8 Å². The zero-order chi connectivity index (χ0) is 32.6. The van der Waals surface area contributed by atoms with Crippen LogP contribution in [-0.4, -0.2) is 118 Å². The van der Waals surface area contributed by atoms with Crippen LogP contribution in [0.2, 0.25) is 0 Å². The monoisotopic (exact) mass is 690 g/mol. The average molecular weight is 691 g/mol. The second-order valence-corrected chi connectivity index (χ2v) is 14.7. The van der Waals surface area contributed by atoms with Crippen LogP contribution < -0.4 is 0 Å². The van der Waals surface area contributed by atoms with Crippen molar-refractivity contribution < 1.29 is 62.3 Å². The number of carboxylic acid groups (broad SMARTS) is 1. The topological polar surface area (TPSA) is 178 Å². The van der Waals surface area contributed by atoms with Gasteiger partial charge in [0.15, 0.2) is 0 Å². The Hall–Kier alpha value is -1.50. The lowest BCUT2D eigenvalue weighted by Crippen LogP contribution is -2.38. The maximum atomic E-state index is 12.7. The van der Waals surface area contributed by atoms with E-state index in [1.807, 2.05) is 0 Å². The van der Waals surface area contributed by atoms with Crippen LogP contribution in [0.25, 0.3) is 0 Å². The molecule has 0 aliphatic carbocycles. The van der Waals surface area contributed by atoms with Gasteiger partial charge in [-0.1, -0.05) is 43.2 Å². The first-order valence-electron chi connectivity index (χ1n) is 13.1. The van der Waals surface area contributed by atoms with E-state index in [1.165, 1.54) is 46.6 Å². The number of Topliss-reactive ketones (excluding diaryl/α,β-unsaturated/α-hetero) is 2. The minimum atomic E-state index is -1.04. The van der Waals surface area contributed by atoms with E-state index >= 15 is 0 Å². The lowest BCUT2D eigenvalue weighted by Gasteiger charge is -2.27. The average Bonchev–Trinajstić information content (AvgIpc) is 2.96. The Morgan fingerprint density at radius 2 is 1.28 bits per heavy atom. The van der Waals surface area contributed by atoms with E-state index in [1.54, 1.807) is 13.8 Å². The lowest BCUT2D eigenvalue weighted by atomic mass is 9.86. The van der Waals surface area contributed by atoms with Gasteiger partial charge >= 0.3 is 17.9 Å². The van der Waals surface area contributed by atoms with Crippen molar-refractivity contribution in [3.05, 3.63) is 0 Å². The summed E-state index contributed by atoms with van der Waals surface area (Å²) in [6, 6.07) is 0. The molecular weight excluding hydrogens is 649 g/mol. The molecule has 0 radical (unpaired) electrons. The van der Waals surface area contributed by atoms with Crippen LogP contribution in [0.3, 0.4) is 0 Å². The van der Waals surface area contributed by atoms with Crippen molar-refractivity contribution in [3.63, 3.8) is 0 Å². The Morgan fingerprint density at radius 1 is 0.744 bits per heavy atom. The summed E-state index contributed by atoms with van der Waals surface area (Å²) in [5.41, 5.74) is -2.07. The van der Waals surface area contributed by atoms with Crippen molar-refractivity contribution in [2.45, 2.75) is 39.5 Å². The first kappa shape index (κ1) is 41.5. The fraction of sp³-hybridized carbons (Fsp3) is 0.769. The fourth-order valence-electron chi connectivity index (χ4n) is 3.28. The summed E-state index contributed by atoms with van der Waals surface area (Å²) in [6.07, 6.45) is 0.668. The Labute approximate surface area is 268 Å². The van der Waals surface area contributed by atoms with Gasteiger partial charge in [-0.25, -0.2) is 4.79 Å². The summed E-state index contributed by atoms with van der Waals surface area (Å²) < 4.78 is 30.7. The van der Waals surface area contributed by atoms with E-state index < -0.39 is 28.7 Å². The van der Waals surface area contributed by atoms with E-state index in [4.69, 9.17) is 28.8 Å². The first-order valence-corrected chi connectivity index (χ1v) is 18.1. The van der Waals surface area contributed by atoms with Gasteiger partial charge in [-0.2, -0.15) is 0 Å². The molecule has 13 nitrogen and oxygen atoms in total. The highest BCUT2D eigenvalue weighted by atomic mass is 33.1. The number of carboxylic acids is 1. The van der Waals surface area contributed by atoms with Crippen molar-refractivity contribution in [1.82, 2.24) is 0 Å². The molecule has 43 heavy (non-hydrogen) atoms. The quantitative estimate of drug-likeness (QED) is 0.0302. The molecule has 2 unspecified atom stereocenters. The van der Waals surface area contributed by atoms with Crippen molar-refractivity contribution in [1.29, 1.82) is 0 Å². The highest BCUT2D eigenvalue weighted by Crippen LogP contribution is 2.27. The second kappa shape index (κ2) is 24.8. The number of hydrogen-bond donors (Lipinski definition) is 1. The van der Waals surface area contributed by atoms with Gasteiger partial charge < -0.3 is 33.5 Å². The number of esters is 2. The molecule has 1 N–H and O–H groups in total. The van der Waals surface area contributed by atoms with Gasteiger partial charge in [0, 0.05) is 51.6 Å². The van der Waals surface area contributed by atoms with E-state index in [-0.39, 0.29) is 88.6 Å². The predicted octanol–water partition coefficient (Wildman–Crippen LogP) is 3.07. The van der Waals surface area contributed by atoms with Crippen LogP contribution in [0.4, 0.5) is 0 Å². The van der Waals surface area contributed by atoms with Gasteiger partial charge in [-0.05, 0) is 20.3 Å². The summed E-state index contributed by atoms with van der Waals surface area (Å²) in [5, 5.41) is 8.67. The van der Waals surface area contributed by atoms with Crippen LogP contribution in [0.15, 0.2) is 0 Å². The van der Waals surface area contributed by atoms with Crippen LogP contribution in [0.1, 0.15) is 39.5 Å². The summed E-state index contributed by atoms with van der Waals surface area (Å²) in [7, 11) is 8.01. The Morgan fingerprint density at radius 3 is 1.79 bits per heavy atom. The first-order chi connectivity index (χ1) is 20.4. The molecule has 0 aliphatic rings. The highest BCUT2D eigenvalue weighted by Gasteiger charge is 2.35. The van der Waals surface area contributed by atoms with Gasteiger partial charge in [0.1, 0.15) is 43.1 Å². The van der Waals surface area contributed by atoms with Crippen molar-refractivity contribution in [2.75, 3.05) is 77.1 Å². The number of methoxy groups -OCH3 is 2. The molecule has 0 saturated heterocycles. The third-order valence-electron chi connectivity index (χ3n) is 5.62. The van der Waals surface area contributed by atoms with Gasteiger partial charge in [0.25, 0.3) is 6.47 Å². The number of hydrogen-bond acceptors (Lipinski definition) is 16. The molecule has 248 valence electrons. The molecule has 0 fully saturated rings. The third kappa shape index (κ3) is 20.2. The summed E-state index contributed by atoms with van der Waals surface area (Å²) >= 11 is 0. The van der Waals surface area contributed by atoms with E-state index in [0.717, 1.165) is 10.8 Å². The van der Waals surface area contributed by atoms with Gasteiger partial charge in [-0.15, -0.1) is 0 Å². The normalized spacial score (nSPS) is 13.8. The summed E-state index contributed by atoms with van der Waals surface area (Å²) in [4.78, 5) is 70.4. The predicted molar refractivity (Wildman–Crippen MR) is 166 cm³/mol. The molecule has 0 saturated carbocycles. The number of ketones is 2. The number of ether oxygens (including phenoxy) is 6. The van der Waals surface area contributed by atoms with Gasteiger partial charge in [0.2, 0.25) is 0 Å². The minimum absolute atomic E-state index is 0.00591. The molecule has 0 rings (SSSR count). The van der Waals surface area contributed by atoms with Crippen molar-refractivity contribution in [3.8, 4) is 0 Å². The molecule has 0 aromatic rings. The zero-order valence-electron chi connectivity index (χ0n) is 25.0. The molecule has 0 heterocycles. The zero-order valence-corrected chi connectivity index (χ0v) is 28.2. The molecule has 2 atom stereocenters. The summed E-state index contributed by atoms with van der Waals surface area (Å²) in [6.45, 7) is 3.15. The summed E-state index contributed by atoms with van der Waals surface area (Å²) in [5.74, 6) is -1.39. The largest absolute Gasteiger partial charge is 0.481 e. The number of aliphatic carboxylic acids is 1. The fourth-order valence-corrected chi connectivity index (χ4v) is 6.55. The van der Waals surface area contributed by atoms with Crippen LogP contribution in [0.5, 0.6) is 0 Å². The Bertz CT molecular complexity index is 876. The Kier molecular flexibility index (Phi) is 23.9. The molecule has 0 aliphatic heterocycles. The smallest absolute Gasteiger partial charge is 0.332 e. The number of rotatable bonds is 29. The van der Waals surface area contributed by atoms with Gasteiger partial charge in [-0.3, -0.25) is 24.0 Å². The number of carbonyl (C=O) groups excluding carboxylic acids is 5. The lowest BCUT2D eigenvalue weighted by molar-refractivity contribution is -0.156. The van der Waals surface area contributed by atoms with E-state index in [2.05, 4.69) is 4.74 Å². The molecule has 0 spiro atoms. The van der Waals surface area contributed by atoms with Crippen LogP contribution >= 0.6 is 43.2 Å². The Balaban J connectivity index is 4.36. The van der Waals surface area contributed by atoms with E-state index in [0.29, 0.717) is 18.0 Å². The van der Waals surface area contributed by atoms with Gasteiger partial charge in [0.05, 0.1) is 24.0 Å². The SMILES string of the molecule is COCC(C)(COC(=O)CCCOCC(=O)OCC(C)(COC)C(=O)CCSSCOC=O)C(=O)CCSSCC(=O)O. The van der Waals surface area contributed by atoms with Crippen molar-refractivity contribution >= 4 is 79.1 Å². The minimum Gasteiger partial charge on any atom is -0.481 e. The number of carbonyl (C=O) groups is 6. The maximum Gasteiger partial charge on any atom is 0.332 e. The van der Waals surface area contributed by atoms with Crippen LogP contribution in [-0.2, 0) is 57.2 Å². The molecule has 0 amide bonds. The molecule has 0 bridgehead atoms. The van der Waals surface area contributed by atoms with E-state index in [9.17, 15) is 28.8 Å². The standard InChI is InChI=1S/C26H42O13S4/c1-25(14-34-3,20(28)7-10-40-42-13-22(30)31)16-38-23(32)6-5-9-36-12-24(33)39-17-26(2,15-35-4)21(29)8-11-41-43-19-37-18-27/h18H,5-17,19H2,1-4H3,(H,30,31). The highest BCUT2D eigenvalue weighted by molar-refractivity contribution is 8.77.